The van der Waals surface area contributed by atoms with Gasteiger partial charge in [0.15, 0.2) is 0 Å². The molecule has 8 nitrogen and oxygen atoms in total. The van der Waals surface area contributed by atoms with Gasteiger partial charge in [0.2, 0.25) is 5.88 Å². The van der Waals surface area contributed by atoms with Crippen molar-refractivity contribution in [2.24, 2.45) is 0 Å². The van der Waals surface area contributed by atoms with Crippen LogP contribution in [0.1, 0.15) is 22.4 Å². The van der Waals surface area contributed by atoms with Crippen LogP contribution in [0.5, 0.6) is 17.6 Å². The Kier molecular flexibility index (Phi) is 6.81. The van der Waals surface area contributed by atoms with Gasteiger partial charge in [0.05, 0.1) is 6.61 Å². The van der Waals surface area contributed by atoms with Crippen molar-refractivity contribution in [1.29, 1.82) is 0 Å². The lowest BCUT2D eigenvalue weighted by Gasteiger charge is -2.09. The molecule has 174 valence electrons. The molecule has 0 amide bonds. The summed E-state index contributed by atoms with van der Waals surface area (Å²) in [7, 11) is 0. The SMILES string of the molecule is O=c1nc(OCCc2ccc(Oc3cccc(C(F)(F)F)n3)cc2)[nH]cc1Cc1cncnc1. The zero-order chi connectivity index (χ0) is 24.0. The van der Waals surface area contributed by atoms with Crippen LogP contribution in [-0.2, 0) is 19.0 Å². The Morgan fingerprint density at radius 2 is 1.71 bits per heavy atom. The van der Waals surface area contributed by atoms with Gasteiger partial charge in [0.25, 0.3) is 11.6 Å². The molecule has 0 spiro atoms. The molecule has 3 heterocycles. The fraction of sp³-hybridized carbons (Fsp3) is 0.174. The highest BCUT2D eigenvalue weighted by Gasteiger charge is 2.32. The van der Waals surface area contributed by atoms with Gasteiger partial charge < -0.3 is 14.5 Å². The molecule has 34 heavy (non-hydrogen) atoms. The van der Waals surface area contributed by atoms with E-state index in [4.69, 9.17) is 9.47 Å². The number of rotatable bonds is 8. The number of halogens is 3. The normalized spacial score (nSPS) is 11.3. The van der Waals surface area contributed by atoms with Gasteiger partial charge in [-0.3, -0.25) is 4.79 Å². The molecule has 0 saturated heterocycles. The maximum absolute atomic E-state index is 12.8. The summed E-state index contributed by atoms with van der Waals surface area (Å²) >= 11 is 0. The Bertz CT molecular complexity index is 1300. The zero-order valence-corrected chi connectivity index (χ0v) is 17.6. The highest BCUT2D eigenvalue weighted by atomic mass is 19.4. The molecule has 0 radical (unpaired) electrons. The van der Waals surface area contributed by atoms with Crippen LogP contribution >= 0.6 is 0 Å². The fourth-order valence-corrected chi connectivity index (χ4v) is 2.99. The highest BCUT2D eigenvalue weighted by molar-refractivity contribution is 5.31. The summed E-state index contributed by atoms with van der Waals surface area (Å²) in [6, 6.07) is 10.3. The number of hydrogen-bond acceptors (Lipinski definition) is 7. The smallest absolute Gasteiger partial charge is 0.433 e. The first-order valence-electron chi connectivity index (χ1n) is 10.1. The molecule has 1 aromatic carbocycles. The van der Waals surface area contributed by atoms with Crippen LogP contribution in [0.3, 0.4) is 0 Å². The van der Waals surface area contributed by atoms with Crippen LogP contribution < -0.4 is 15.0 Å². The molecule has 0 atom stereocenters. The Labute approximate surface area is 191 Å². The number of alkyl halides is 3. The summed E-state index contributed by atoms with van der Waals surface area (Å²) in [6.45, 7) is 0.254. The van der Waals surface area contributed by atoms with E-state index in [1.54, 1.807) is 42.9 Å². The van der Waals surface area contributed by atoms with E-state index >= 15 is 0 Å². The monoisotopic (exact) mass is 469 g/mol. The second-order valence-corrected chi connectivity index (χ2v) is 7.16. The molecule has 0 aliphatic carbocycles. The van der Waals surface area contributed by atoms with E-state index in [1.165, 1.54) is 18.5 Å². The van der Waals surface area contributed by atoms with Crippen LogP contribution in [-0.4, -0.2) is 31.5 Å². The molecule has 0 aliphatic heterocycles. The van der Waals surface area contributed by atoms with E-state index in [1.807, 2.05) is 0 Å². The molecule has 11 heteroatoms. The largest absolute Gasteiger partial charge is 0.464 e. The van der Waals surface area contributed by atoms with E-state index in [2.05, 4.69) is 24.9 Å². The van der Waals surface area contributed by atoms with Gasteiger partial charge in [-0.2, -0.15) is 18.2 Å². The number of nitrogens with one attached hydrogen (secondary N) is 1. The topological polar surface area (TPSA) is 103 Å². The predicted octanol–water partition coefficient (Wildman–Crippen LogP) is 3.98. The van der Waals surface area contributed by atoms with Gasteiger partial charge in [0, 0.05) is 43.1 Å². The Balaban J connectivity index is 1.29. The molecule has 0 fully saturated rings. The number of pyridine rings is 1. The molecular weight excluding hydrogens is 451 g/mol. The Morgan fingerprint density at radius 3 is 2.41 bits per heavy atom. The standard InChI is InChI=1S/C23H18F3N5O3/c24-23(25,26)19-2-1-3-20(30-19)34-18-6-4-15(5-7-18)8-9-33-22-29-13-17(21(32)31-22)10-16-11-27-14-28-12-16/h1-7,11-14H,8-10H2,(H,29,31,32). The highest BCUT2D eigenvalue weighted by Crippen LogP contribution is 2.29. The third-order valence-corrected chi connectivity index (χ3v) is 4.65. The summed E-state index contributed by atoms with van der Waals surface area (Å²) in [5.74, 6) is 0.200. The van der Waals surface area contributed by atoms with Crippen molar-refractivity contribution in [2.75, 3.05) is 6.61 Å². The average molecular weight is 469 g/mol. The van der Waals surface area contributed by atoms with Crippen molar-refractivity contribution >= 4 is 0 Å². The van der Waals surface area contributed by atoms with Crippen molar-refractivity contribution in [3.8, 4) is 17.6 Å². The van der Waals surface area contributed by atoms with Gasteiger partial charge in [-0.05, 0) is 29.3 Å². The van der Waals surface area contributed by atoms with E-state index in [-0.39, 0.29) is 18.5 Å². The van der Waals surface area contributed by atoms with E-state index in [0.29, 0.717) is 24.2 Å². The first kappa shape index (κ1) is 22.9. The van der Waals surface area contributed by atoms with Crippen LogP contribution in [0.25, 0.3) is 0 Å². The molecule has 4 rings (SSSR count). The van der Waals surface area contributed by atoms with Gasteiger partial charge in [-0.25, -0.2) is 15.0 Å². The summed E-state index contributed by atoms with van der Waals surface area (Å²) in [4.78, 5) is 30.3. The summed E-state index contributed by atoms with van der Waals surface area (Å²) in [5, 5.41) is 0. The first-order valence-corrected chi connectivity index (χ1v) is 10.1. The van der Waals surface area contributed by atoms with E-state index in [0.717, 1.165) is 17.2 Å². The minimum absolute atomic E-state index is 0.105. The predicted molar refractivity (Wildman–Crippen MR) is 115 cm³/mol. The molecule has 0 bridgehead atoms. The molecule has 1 N–H and O–H groups in total. The number of aromatic amines is 1. The van der Waals surface area contributed by atoms with Gasteiger partial charge >= 0.3 is 6.18 Å². The van der Waals surface area contributed by atoms with Gasteiger partial charge in [0.1, 0.15) is 17.8 Å². The Morgan fingerprint density at radius 1 is 0.941 bits per heavy atom. The molecule has 0 unspecified atom stereocenters. The van der Waals surface area contributed by atoms with Crippen molar-refractivity contribution < 1.29 is 22.6 Å². The summed E-state index contributed by atoms with van der Waals surface area (Å²) < 4.78 is 49.3. The summed E-state index contributed by atoms with van der Waals surface area (Å²) in [5.41, 5.74) is 0.731. The van der Waals surface area contributed by atoms with Crippen LogP contribution in [0, 0.1) is 0 Å². The quantitative estimate of drug-likeness (QED) is 0.416. The third kappa shape index (κ3) is 6.15. The number of benzene rings is 1. The van der Waals surface area contributed by atoms with E-state index in [9.17, 15) is 18.0 Å². The summed E-state index contributed by atoms with van der Waals surface area (Å²) in [6.07, 6.45) is 2.54. The minimum atomic E-state index is -4.54. The van der Waals surface area contributed by atoms with Crippen molar-refractivity contribution in [3.05, 3.63) is 100 Å². The molecular formula is C23H18F3N5O3. The lowest BCUT2D eigenvalue weighted by atomic mass is 10.1. The third-order valence-electron chi connectivity index (χ3n) is 4.65. The first-order chi connectivity index (χ1) is 16.4. The van der Waals surface area contributed by atoms with Crippen LogP contribution in [0.4, 0.5) is 13.2 Å². The minimum Gasteiger partial charge on any atom is -0.464 e. The maximum Gasteiger partial charge on any atom is 0.433 e. The average Bonchev–Trinajstić information content (AvgIpc) is 2.82. The molecule has 0 aliphatic rings. The second kappa shape index (κ2) is 10.1. The number of nitrogens with zero attached hydrogens (tertiary/aromatic N) is 4. The number of aromatic nitrogens is 5. The number of H-pyrrole nitrogens is 1. The van der Waals surface area contributed by atoms with Crippen LogP contribution in [0.15, 0.2) is 72.2 Å². The maximum atomic E-state index is 12.8. The Hall–Kier alpha value is -4.28. The van der Waals surface area contributed by atoms with Crippen molar-refractivity contribution in [3.63, 3.8) is 0 Å². The van der Waals surface area contributed by atoms with Crippen molar-refractivity contribution in [1.82, 2.24) is 24.9 Å². The number of hydrogen-bond donors (Lipinski definition) is 1. The van der Waals surface area contributed by atoms with Gasteiger partial charge in [-0.1, -0.05) is 18.2 Å². The van der Waals surface area contributed by atoms with Crippen LogP contribution in [0.2, 0.25) is 0 Å². The molecule has 0 saturated carbocycles. The second-order valence-electron chi connectivity index (χ2n) is 7.16. The lowest BCUT2D eigenvalue weighted by Crippen LogP contribution is -2.16. The molecule has 3 aromatic heterocycles. The van der Waals surface area contributed by atoms with Gasteiger partial charge in [-0.15, -0.1) is 0 Å². The molecule has 4 aromatic rings. The fourth-order valence-electron chi connectivity index (χ4n) is 2.99. The zero-order valence-electron chi connectivity index (χ0n) is 17.6. The van der Waals surface area contributed by atoms with E-state index < -0.39 is 17.4 Å². The number of ether oxygens (including phenoxy) is 2. The van der Waals surface area contributed by atoms with Crippen molar-refractivity contribution in [2.45, 2.75) is 19.0 Å². The lowest BCUT2D eigenvalue weighted by molar-refractivity contribution is -0.141.